The number of amides is 1. The molecular formula is C28H31N3O4. The summed E-state index contributed by atoms with van der Waals surface area (Å²) < 4.78 is 0. The maximum Gasteiger partial charge on any atom is 0.270 e. The number of nitrogens with zero attached hydrogens (tertiary/aromatic N) is 1. The molecule has 1 aromatic heterocycles. The van der Waals surface area contributed by atoms with Gasteiger partial charge in [0.1, 0.15) is 11.4 Å². The van der Waals surface area contributed by atoms with Crippen LogP contribution in [0, 0.1) is 0 Å². The van der Waals surface area contributed by atoms with Crippen molar-refractivity contribution in [1.82, 2.24) is 15.2 Å². The number of aliphatic hydroxyl groups excluding tert-OH is 2. The monoisotopic (exact) mass is 473 g/mol. The molecule has 0 aliphatic rings. The third kappa shape index (κ3) is 6.08. The highest BCUT2D eigenvalue weighted by Crippen LogP contribution is 2.22. The third-order valence-corrected chi connectivity index (χ3v) is 6.08. The van der Waals surface area contributed by atoms with Crippen LogP contribution in [-0.4, -0.2) is 50.2 Å². The molecule has 1 amide bonds. The Labute approximate surface area is 204 Å². The van der Waals surface area contributed by atoms with Crippen molar-refractivity contribution in [3.8, 4) is 5.75 Å². The van der Waals surface area contributed by atoms with Gasteiger partial charge in [0, 0.05) is 42.1 Å². The maximum absolute atomic E-state index is 13.5. The number of carbonyl (C=O) groups is 1. The van der Waals surface area contributed by atoms with Gasteiger partial charge in [-0.15, -0.1) is 0 Å². The Hall–Kier alpha value is -3.65. The molecule has 0 radical (unpaired) electrons. The first kappa shape index (κ1) is 24.5. The van der Waals surface area contributed by atoms with Crippen LogP contribution >= 0.6 is 0 Å². The SMILES string of the molecule is C[C@H](CN(Cc1ccccc1)C(=O)c1cc2ccccc2[nH]1)NC[C@H](O)c1ccc(O)c(CO)c1. The number of aromatic amines is 1. The van der Waals surface area contributed by atoms with Crippen molar-refractivity contribution in [3.05, 3.63) is 101 Å². The number of carbonyl (C=O) groups excluding carboxylic acids is 1. The smallest absolute Gasteiger partial charge is 0.270 e. The van der Waals surface area contributed by atoms with Gasteiger partial charge in [0.15, 0.2) is 0 Å². The van der Waals surface area contributed by atoms with Gasteiger partial charge in [0.25, 0.3) is 5.91 Å². The summed E-state index contributed by atoms with van der Waals surface area (Å²) in [5.41, 5.74) is 3.45. The van der Waals surface area contributed by atoms with E-state index in [9.17, 15) is 20.1 Å². The predicted molar refractivity (Wildman–Crippen MR) is 136 cm³/mol. The summed E-state index contributed by atoms with van der Waals surface area (Å²) >= 11 is 0. The highest BCUT2D eigenvalue weighted by Gasteiger charge is 2.21. The van der Waals surface area contributed by atoms with E-state index in [2.05, 4.69) is 10.3 Å². The van der Waals surface area contributed by atoms with Crippen LogP contribution in [0.15, 0.2) is 78.9 Å². The Kier molecular flexibility index (Phi) is 7.82. The minimum Gasteiger partial charge on any atom is -0.508 e. The van der Waals surface area contributed by atoms with Crippen LogP contribution < -0.4 is 5.32 Å². The van der Waals surface area contributed by atoms with Gasteiger partial charge in [-0.05, 0) is 42.3 Å². The number of aliphatic hydroxyl groups is 2. The summed E-state index contributed by atoms with van der Waals surface area (Å²) in [6.45, 7) is 2.82. The lowest BCUT2D eigenvalue weighted by atomic mass is 10.0. The number of rotatable bonds is 10. The van der Waals surface area contributed by atoms with Crippen molar-refractivity contribution in [1.29, 1.82) is 0 Å². The van der Waals surface area contributed by atoms with E-state index in [0.29, 0.717) is 29.9 Å². The zero-order valence-electron chi connectivity index (χ0n) is 19.7. The quantitative estimate of drug-likeness (QED) is 0.241. The molecule has 0 saturated heterocycles. The average Bonchev–Trinajstić information content (AvgIpc) is 3.32. The van der Waals surface area contributed by atoms with Crippen molar-refractivity contribution < 1.29 is 20.1 Å². The van der Waals surface area contributed by atoms with E-state index in [-0.39, 0.29) is 30.9 Å². The molecule has 35 heavy (non-hydrogen) atoms. The number of phenols is 1. The second-order valence-electron chi connectivity index (χ2n) is 8.81. The molecule has 7 heteroatoms. The Morgan fingerprint density at radius 3 is 2.51 bits per heavy atom. The first-order valence-corrected chi connectivity index (χ1v) is 11.7. The zero-order chi connectivity index (χ0) is 24.8. The second kappa shape index (κ2) is 11.2. The summed E-state index contributed by atoms with van der Waals surface area (Å²) in [6.07, 6.45) is -0.824. The number of H-pyrrole nitrogens is 1. The van der Waals surface area contributed by atoms with Crippen molar-refractivity contribution in [3.63, 3.8) is 0 Å². The van der Waals surface area contributed by atoms with Crippen molar-refractivity contribution in [2.75, 3.05) is 13.1 Å². The molecule has 0 spiro atoms. The molecule has 0 bridgehead atoms. The minimum atomic E-state index is -0.824. The maximum atomic E-state index is 13.5. The number of aromatic hydroxyl groups is 1. The molecule has 7 nitrogen and oxygen atoms in total. The summed E-state index contributed by atoms with van der Waals surface area (Å²) in [5, 5.41) is 34.0. The molecule has 0 aliphatic heterocycles. The van der Waals surface area contributed by atoms with Crippen LogP contribution in [0.1, 0.15) is 40.2 Å². The molecule has 4 rings (SSSR count). The normalized spacial score (nSPS) is 13.0. The summed E-state index contributed by atoms with van der Waals surface area (Å²) in [5.74, 6) is -0.0952. The third-order valence-electron chi connectivity index (χ3n) is 6.08. The molecule has 1 heterocycles. The molecule has 0 saturated carbocycles. The molecule has 182 valence electrons. The van der Waals surface area contributed by atoms with Crippen LogP contribution in [0.4, 0.5) is 0 Å². The number of aromatic nitrogens is 1. The Morgan fingerprint density at radius 1 is 1.03 bits per heavy atom. The molecule has 0 aliphatic carbocycles. The molecule has 4 aromatic rings. The number of benzene rings is 3. The van der Waals surface area contributed by atoms with Crippen LogP contribution in [-0.2, 0) is 13.2 Å². The number of hydrogen-bond donors (Lipinski definition) is 5. The van der Waals surface area contributed by atoms with E-state index < -0.39 is 6.10 Å². The fourth-order valence-electron chi connectivity index (χ4n) is 4.15. The van der Waals surface area contributed by atoms with E-state index in [0.717, 1.165) is 16.5 Å². The second-order valence-corrected chi connectivity index (χ2v) is 8.81. The van der Waals surface area contributed by atoms with Gasteiger partial charge in [0.2, 0.25) is 0 Å². The van der Waals surface area contributed by atoms with E-state index in [1.54, 1.807) is 17.0 Å². The average molecular weight is 474 g/mol. The Morgan fingerprint density at radius 2 is 1.77 bits per heavy atom. The first-order chi connectivity index (χ1) is 16.9. The molecule has 3 aromatic carbocycles. The van der Waals surface area contributed by atoms with Gasteiger partial charge in [-0.1, -0.05) is 54.6 Å². The number of nitrogens with one attached hydrogen (secondary N) is 2. The summed E-state index contributed by atoms with van der Waals surface area (Å²) in [6, 6.07) is 24.1. The topological polar surface area (TPSA) is 109 Å². The van der Waals surface area contributed by atoms with Crippen LogP contribution in [0.3, 0.4) is 0 Å². The highest BCUT2D eigenvalue weighted by molar-refractivity contribution is 5.98. The van der Waals surface area contributed by atoms with E-state index in [1.165, 1.54) is 6.07 Å². The van der Waals surface area contributed by atoms with Gasteiger partial charge >= 0.3 is 0 Å². The standard InChI is InChI=1S/C28H31N3O4/c1-19(29-15-27(34)22-11-12-26(33)23(13-22)18-32)16-31(17-20-7-3-2-4-8-20)28(35)25-14-21-9-5-6-10-24(21)30-25/h2-14,19,27,29-30,32-34H,15-18H2,1H3/t19-,27+/m1/s1. The molecule has 2 atom stereocenters. The fourth-order valence-corrected chi connectivity index (χ4v) is 4.15. The van der Waals surface area contributed by atoms with Crippen LogP contribution in [0.2, 0.25) is 0 Å². The Bertz CT molecular complexity index is 1240. The van der Waals surface area contributed by atoms with E-state index in [1.807, 2.05) is 67.6 Å². The van der Waals surface area contributed by atoms with Crippen molar-refractivity contribution in [2.45, 2.75) is 32.2 Å². The van der Waals surface area contributed by atoms with E-state index >= 15 is 0 Å². The zero-order valence-corrected chi connectivity index (χ0v) is 19.7. The number of hydrogen-bond acceptors (Lipinski definition) is 5. The van der Waals surface area contributed by atoms with E-state index in [4.69, 9.17) is 0 Å². The van der Waals surface area contributed by atoms with Crippen LogP contribution in [0.25, 0.3) is 10.9 Å². The highest BCUT2D eigenvalue weighted by atomic mass is 16.3. The molecular weight excluding hydrogens is 442 g/mol. The fraction of sp³-hybridized carbons (Fsp3) is 0.250. The lowest BCUT2D eigenvalue weighted by molar-refractivity contribution is 0.0719. The van der Waals surface area contributed by atoms with Crippen LogP contribution in [0.5, 0.6) is 5.75 Å². The van der Waals surface area contributed by atoms with Gasteiger partial charge in [-0.3, -0.25) is 4.79 Å². The van der Waals surface area contributed by atoms with Gasteiger partial charge < -0.3 is 30.5 Å². The summed E-state index contributed by atoms with van der Waals surface area (Å²) in [4.78, 5) is 18.5. The predicted octanol–water partition coefficient (Wildman–Crippen LogP) is 3.72. The summed E-state index contributed by atoms with van der Waals surface area (Å²) in [7, 11) is 0. The van der Waals surface area contributed by atoms with Gasteiger partial charge in [0.05, 0.1) is 12.7 Å². The largest absolute Gasteiger partial charge is 0.508 e. The lowest BCUT2D eigenvalue weighted by Gasteiger charge is -2.27. The first-order valence-electron chi connectivity index (χ1n) is 11.7. The number of fused-ring (bicyclic) bond motifs is 1. The molecule has 0 unspecified atom stereocenters. The molecule has 0 fully saturated rings. The van der Waals surface area contributed by atoms with Gasteiger partial charge in [-0.25, -0.2) is 0 Å². The van der Waals surface area contributed by atoms with Gasteiger partial charge in [-0.2, -0.15) is 0 Å². The molecule has 5 N–H and O–H groups in total. The minimum absolute atomic E-state index is 0.00294. The van der Waals surface area contributed by atoms with Crippen molar-refractivity contribution in [2.24, 2.45) is 0 Å². The Balaban J connectivity index is 1.45. The lowest BCUT2D eigenvalue weighted by Crippen LogP contribution is -2.43. The number of para-hydroxylation sites is 1. The van der Waals surface area contributed by atoms with Crippen molar-refractivity contribution >= 4 is 16.8 Å².